The molecule has 178 valence electrons. The van der Waals surface area contributed by atoms with E-state index in [2.05, 4.69) is 16.4 Å². The third-order valence-corrected chi connectivity index (χ3v) is 8.21. The zero-order valence-electron chi connectivity index (χ0n) is 19.1. The van der Waals surface area contributed by atoms with E-state index < -0.39 is 12.1 Å². The molecule has 2 aliphatic rings. The summed E-state index contributed by atoms with van der Waals surface area (Å²) >= 11 is 1.72. The molecule has 2 N–H and O–H groups in total. The van der Waals surface area contributed by atoms with Crippen LogP contribution >= 0.6 is 11.3 Å². The standard InChI is InChI=1S/C26H25N5O3S/c32-23(30-11-9-16(10-12-30)24-28-20-7-3-4-8-22(20)35-24)15-31-25(33)21(29-26(31)34)13-17-14-27-19-6-2-1-5-18(17)19/h1-8,14,16,21,27H,9-13,15H2,(H,29,34). The molecule has 1 unspecified atom stereocenters. The SMILES string of the molecule is O=C(CN1C(=O)NC(Cc2c[nH]c3ccccc23)C1=O)N1CCC(c2nc3ccccc3s2)CC1. The van der Waals surface area contributed by atoms with Crippen LogP contribution in [0.1, 0.15) is 29.3 Å². The van der Waals surface area contributed by atoms with E-state index in [1.807, 2.05) is 48.7 Å². The summed E-state index contributed by atoms with van der Waals surface area (Å²) in [6, 6.07) is 14.8. The molecule has 2 saturated heterocycles. The summed E-state index contributed by atoms with van der Waals surface area (Å²) in [4.78, 5) is 49.3. The number of nitrogens with zero attached hydrogens (tertiary/aromatic N) is 3. The van der Waals surface area contributed by atoms with Gasteiger partial charge < -0.3 is 15.2 Å². The number of para-hydroxylation sites is 2. The Bertz CT molecular complexity index is 1400. The van der Waals surface area contributed by atoms with Crippen LogP contribution in [-0.2, 0) is 16.0 Å². The van der Waals surface area contributed by atoms with Crippen molar-refractivity contribution in [3.8, 4) is 0 Å². The fourth-order valence-electron chi connectivity index (χ4n) is 5.06. The number of benzene rings is 2. The number of thiazole rings is 1. The molecule has 1 atom stereocenters. The molecule has 0 aliphatic carbocycles. The van der Waals surface area contributed by atoms with Crippen LogP contribution in [0, 0.1) is 0 Å². The first-order valence-corrected chi connectivity index (χ1v) is 12.7. The van der Waals surface area contributed by atoms with E-state index in [1.54, 1.807) is 16.2 Å². The molecule has 6 rings (SSSR count). The van der Waals surface area contributed by atoms with E-state index in [1.165, 1.54) is 4.70 Å². The quantitative estimate of drug-likeness (QED) is 0.420. The topological polar surface area (TPSA) is 98.4 Å². The van der Waals surface area contributed by atoms with Crippen LogP contribution in [0.4, 0.5) is 4.79 Å². The first-order chi connectivity index (χ1) is 17.1. The van der Waals surface area contributed by atoms with Gasteiger partial charge in [0, 0.05) is 42.5 Å². The second-order valence-electron chi connectivity index (χ2n) is 9.16. The lowest BCUT2D eigenvalue weighted by Gasteiger charge is -2.31. The Morgan fingerprint density at radius 3 is 2.66 bits per heavy atom. The van der Waals surface area contributed by atoms with E-state index in [0.29, 0.717) is 25.4 Å². The van der Waals surface area contributed by atoms with Gasteiger partial charge in [0.15, 0.2) is 0 Å². The molecule has 0 saturated carbocycles. The number of urea groups is 1. The maximum absolute atomic E-state index is 13.0. The molecular formula is C26H25N5O3S. The lowest BCUT2D eigenvalue weighted by Crippen LogP contribution is -2.46. The number of carbonyl (C=O) groups excluding carboxylic acids is 3. The van der Waals surface area contributed by atoms with Gasteiger partial charge in [0.2, 0.25) is 5.91 Å². The highest BCUT2D eigenvalue weighted by Gasteiger charge is 2.40. The molecule has 9 heteroatoms. The minimum atomic E-state index is -0.667. The Balaban J connectivity index is 1.06. The summed E-state index contributed by atoms with van der Waals surface area (Å²) in [6.45, 7) is 0.977. The smallest absolute Gasteiger partial charge is 0.325 e. The number of imide groups is 1. The molecule has 2 aromatic heterocycles. The van der Waals surface area contributed by atoms with Crippen molar-refractivity contribution < 1.29 is 14.4 Å². The van der Waals surface area contributed by atoms with E-state index in [-0.39, 0.29) is 18.4 Å². The van der Waals surface area contributed by atoms with Crippen molar-refractivity contribution in [2.24, 2.45) is 0 Å². The summed E-state index contributed by atoms with van der Waals surface area (Å²) in [5.74, 6) is -0.212. The molecule has 2 aliphatic heterocycles. The molecule has 0 spiro atoms. The number of H-pyrrole nitrogens is 1. The number of carbonyl (C=O) groups is 3. The third kappa shape index (κ3) is 4.05. The fourth-order valence-corrected chi connectivity index (χ4v) is 6.20. The zero-order valence-corrected chi connectivity index (χ0v) is 19.9. The van der Waals surface area contributed by atoms with Gasteiger partial charge in [0.1, 0.15) is 12.6 Å². The monoisotopic (exact) mass is 487 g/mol. The van der Waals surface area contributed by atoms with Gasteiger partial charge in [0.25, 0.3) is 5.91 Å². The third-order valence-electron chi connectivity index (χ3n) is 7.01. The summed E-state index contributed by atoms with van der Waals surface area (Å²) in [7, 11) is 0. The lowest BCUT2D eigenvalue weighted by atomic mass is 9.97. The Labute approximate surface area is 205 Å². The van der Waals surface area contributed by atoms with Crippen molar-refractivity contribution in [3.63, 3.8) is 0 Å². The van der Waals surface area contributed by atoms with Crippen LogP contribution in [0.3, 0.4) is 0 Å². The largest absolute Gasteiger partial charge is 0.361 e. The van der Waals surface area contributed by atoms with Crippen LogP contribution in [0.25, 0.3) is 21.1 Å². The number of fused-ring (bicyclic) bond motifs is 2. The zero-order chi connectivity index (χ0) is 23.9. The second-order valence-corrected chi connectivity index (χ2v) is 10.2. The van der Waals surface area contributed by atoms with Gasteiger partial charge in [-0.2, -0.15) is 0 Å². The molecule has 4 aromatic rings. The number of likely N-dealkylation sites (tertiary alicyclic amines) is 1. The average molecular weight is 488 g/mol. The van der Waals surface area contributed by atoms with E-state index >= 15 is 0 Å². The number of aromatic nitrogens is 2. The predicted molar refractivity (Wildman–Crippen MR) is 134 cm³/mol. The van der Waals surface area contributed by atoms with Gasteiger partial charge in [-0.15, -0.1) is 11.3 Å². The molecule has 4 amide bonds. The van der Waals surface area contributed by atoms with Crippen molar-refractivity contribution in [1.82, 2.24) is 25.1 Å². The molecule has 35 heavy (non-hydrogen) atoms. The van der Waals surface area contributed by atoms with E-state index in [0.717, 1.165) is 44.7 Å². The van der Waals surface area contributed by atoms with Gasteiger partial charge in [-0.3, -0.25) is 14.5 Å². The Kier molecular flexibility index (Phi) is 5.49. The number of amides is 4. The summed E-state index contributed by atoms with van der Waals surface area (Å²) in [6.07, 6.45) is 3.91. The average Bonchev–Trinajstić information content (AvgIpc) is 3.57. The number of hydrogen-bond donors (Lipinski definition) is 2. The highest BCUT2D eigenvalue weighted by atomic mass is 32.1. The van der Waals surface area contributed by atoms with Crippen molar-refractivity contribution in [3.05, 3.63) is 65.3 Å². The van der Waals surface area contributed by atoms with Gasteiger partial charge >= 0.3 is 6.03 Å². The fraction of sp³-hybridized carbons (Fsp3) is 0.308. The summed E-state index contributed by atoms with van der Waals surface area (Å²) < 4.78 is 1.18. The van der Waals surface area contributed by atoms with Crippen molar-refractivity contribution in [1.29, 1.82) is 0 Å². The van der Waals surface area contributed by atoms with Crippen LogP contribution in [0.5, 0.6) is 0 Å². The lowest BCUT2D eigenvalue weighted by molar-refractivity contribution is -0.138. The highest BCUT2D eigenvalue weighted by Crippen LogP contribution is 2.34. The van der Waals surface area contributed by atoms with Crippen LogP contribution in [0.2, 0.25) is 0 Å². The van der Waals surface area contributed by atoms with Crippen molar-refractivity contribution >= 4 is 50.3 Å². The molecule has 4 heterocycles. The molecular weight excluding hydrogens is 462 g/mol. The maximum Gasteiger partial charge on any atom is 0.325 e. The van der Waals surface area contributed by atoms with E-state index in [4.69, 9.17) is 4.98 Å². The minimum absolute atomic E-state index is 0.191. The van der Waals surface area contributed by atoms with Crippen LogP contribution < -0.4 is 5.32 Å². The minimum Gasteiger partial charge on any atom is -0.361 e. The normalized spacial score (nSPS) is 19.1. The Morgan fingerprint density at radius 1 is 1.06 bits per heavy atom. The van der Waals surface area contributed by atoms with Crippen molar-refractivity contribution in [2.75, 3.05) is 19.6 Å². The molecule has 8 nitrogen and oxygen atoms in total. The van der Waals surface area contributed by atoms with Gasteiger partial charge in [-0.05, 0) is 36.6 Å². The predicted octanol–water partition coefficient (Wildman–Crippen LogP) is 3.65. The Morgan fingerprint density at radius 2 is 1.83 bits per heavy atom. The first kappa shape index (κ1) is 21.8. The molecule has 2 aromatic carbocycles. The molecule has 0 bridgehead atoms. The summed E-state index contributed by atoms with van der Waals surface area (Å²) in [5, 5.41) is 4.90. The summed E-state index contributed by atoms with van der Waals surface area (Å²) in [5.41, 5.74) is 2.97. The number of hydrogen-bond acceptors (Lipinski definition) is 5. The first-order valence-electron chi connectivity index (χ1n) is 11.9. The van der Waals surface area contributed by atoms with Gasteiger partial charge in [-0.1, -0.05) is 30.3 Å². The van der Waals surface area contributed by atoms with Crippen LogP contribution in [-0.4, -0.2) is 63.3 Å². The number of rotatable bonds is 5. The van der Waals surface area contributed by atoms with Gasteiger partial charge in [-0.25, -0.2) is 9.78 Å². The van der Waals surface area contributed by atoms with Gasteiger partial charge in [0.05, 0.1) is 15.2 Å². The highest BCUT2D eigenvalue weighted by molar-refractivity contribution is 7.18. The Hall–Kier alpha value is -3.72. The van der Waals surface area contributed by atoms with Crippen LogP contribution in [0.15, 0.2) is 54.7 Å². The number of aromatic amines is 1. The van der Waals surface area contributed by atoms with Crippen molar-refractivity contribution in [2.45, 2.75) is 31.2 Å². The molecule has 0 radical (unpaired) electrons. The van der Waals surface area contributed by atoms with E-state index in [9.17, 15) is 14.4 Å². The maximum atomic E-state index is 13.0. The molecule has 2 fully saturated rings. The number of nitrogens with one attached hydrogen (secondary N) is 2. The number of piperidine rings is 1. The second kappa shape index (κ2) is 8.81.